The normalized spacial score (nSPS) is 10.1. The molecule has 0 bridgehead atoms. The third-order valence-electron chi connectivity index (χ3n) is 2.55. The molecule has 0 aromatic heterocycles. The van der Waals surface area contributed by atoms with Crippen molar-refractivity contribution in [2.45, 2.75) is 6.92 Å². The van der Waals surface area contributed by atoms with E-state index in [0.717, 1.165) is 10.0 Å². The molecule has 0 radical (unpaired) electrons. The third-order valence-corrected chi connectivity index (χ3v) is 3.60. The van der Waals surface area contributed by atoms with Crippen molar-refractivity contribution in [3.05, 3.63) is 58.1 Å². The number of hydrogen-bond donors (Lipinski definition) is 2. The summed E-state index contributed by atoms with van der Waals surface area (Å²) in [4.78, 5) is 12.0. The van der Waals surface area contributed by atoms with E-state index in [0.29, 0.717) is 11.3 Å². The van der Waals surface area contributed by atoms with Gasteiger partial charge in [-0.15, -0.1) is 0 Å². The maximum absolute atomic E-state index is 12.0. The van der Waals surface area contributed by atoms with Gasteiger partial charge in [0.25, 0.3) is 5.91 Å². The van der Waals surface area contributed by atoms with E-state index < -0.39 is 0 Å². The van der Waals surface area contributed by atoms with Gasteiger partial charge in [0.2, 0.25) is 0 Å². The van der Waals surface area contributed by atoms with Crippen LogP contribution in [0.4, 0.5) is 5.69 Å². The number of amides is 1. The number of hydrogen-bond acceptors (Lipinski definition) is 2. The first-order valence-electron chi connectivity index (χ1n) is 5.43. The smallest absolute Gasteiger partial charge is 0.255 e. The van der Waals surface area contributed by atoms with Gasteiger partial charge in [-0.2, -0.15) is 0 Å². The summed E-state index contributed by atoms with van der Waals surface area (Å²) < 4.78 is 0.860. The van der Waals surface area contributed by atoms with Crippen LogP contribution in [0.15, 0.2) is 46.9 Å². The monoisotopic (exact) mass is 305 g/mol. The van der Waals surface area contributed by atoms with Gasteiger partial charge in [-0.25, -0.2) is 0 Å². The van der Waals surface area contributed by atoms with Crippen LogP contribution in [0, 0.1) is 6.92 Å². The van der Waals surface area contributed by atoms with Crippen molar-refractivity contribution in [1.29, 1.82) is 0 Å². The molecule has 4 heteroatoms. The van der Waals surface area contributed by atoms with Crippen LogP contribution in [0.2, 0.25) is 0 Å². The summed E-state index contributed by atoms with van der Waals surface area (Å²) in [6.07, 6.45) is 0. The largest absolute Gasteiger partial charge is 0.508 e. The fraction of sp³-hybridized carbons (Fsp3) is 0.0714. The van der Waals surface area contributed by atoms with Crippen molar-refractivity contribution in [2.75, 3.05) is 5.32 Å². The van der Waals surface area contributed by atoms with Crippen molar-refractivity contribution >= 4 is 27.5 Å². The molecule has 0 fully saturated rings. The fourth-order valence-electron chi connectivity index (χ4n) is 1.59. The predicted molar refractivity (Wildman–Crippen MR) is 74.9 cm³/mol. The lowest BCUT2D eigenvalue weighted by molar-refractivity contribution is 0.102. The number of nitrogens with one attached hydrogen (secondary N) is 1. The molecule has 1 amide bonds. The van der Waals surface area contributed by atoms with Crippen molar-refractivity contribution in [3.8, 4) is 5.75 Å². The van der Waals surface area contributed by atoms with Gasteiger partial charge in [0.1, 0.15) is 5.75 Å². The molecule has 0 unspecified atom stereocenters. The highest BCUT2D eigenvalue weighted by Crippen LogP contribution is 2.26. The average molecular weight is 306 g/mol. The highest BCUT2D eigenvalue weighted by molar-refractivity contribution is 9.10. The number of carbonyl (C=O) groups excluding carboxylic acids is 1. The van der Waals surface area contributed by atoms with Gasteiger partial charge in [-0.05, 0) is 52.7 Å². The van der Waals surface area contributed by atoms with Gasteiger partial charge in [-0.1, -0.05) is 18.2 Å². The van der Waals surface area contributed by atoms with Crippen molar-refractivity contribution < 1.29 is 9.90 Å². The molecule has 0 aliphatic carbocycles. The summed E-state index contributed by atoms with van der Waals surface area (Å²) in [5.41, 5.74) is 2.18. The maximum atomic E-state index is 12.0. The number of benzene rings is 2. The van der Waals surface area contributed by atoms with E-state index >= 15 is 0 Å². The molecular weight excluding hydrogens is 294 g/mol. The van der Waals surface area contributed by atoms with Crippen molar-refractivity contribution in [1.82, 2.24) is 0 Å². The molecule has 18 heavy (non-hydrogen) atoms. The molecule has 0 heterocycles. The van der Waals surface area contributed by atoms with E-state index in [2.05, 4.69) is 21.2 Å². The van der Waals surface area contributed by atoms with Gasteiger partial charge in [-0.3, -0.25) is 4.79 Å². The topological polar surface area (TPSA) is 49.3 Å². The zero-order chi connectivity index (χ0) is 13.1. The molecule has 0 aliphatic heterocycles. The van der Waals surface area contributed by atoms with Crippen LogP contribution < -0.4 is 5.32 Å². The molecule has 2 rings (SSSR count). The standard InChI is InChI=1S/C14H12BrNO2/c1-9-4-2-7-12(13(9)15)16-14(18)10-5-3-6-11(17)8-10/h2-8,17H,1H3,(H,16,18). The van der Waals surface area contributed by atoms with Crippen LogP contribution in [0.3, 0.4) is 0 Å². The van der Waals surface area contributed by atoms with Crippen LogP contribution in [0.5, 0.6) is 5.75 Å². The van der Waals surface area contributed by atoms with Gasteiger partial charge in [0.15, 0.2) is 0 Å². The minimum absolute atomic E-state index is 0.0750. The zero-order valence-corrected chi connectivity index (χ0v) is 11.4. The molecule has 2 aromatic carbocycles. The van der Waals surface area contributed by atoms with Gasteiger partial charge < -0.3 is 10.4 Å². The van der Waals surface area contributed by atoms with E-state index in [-0.39, 0.29) is 11.7 Å². The number of halogens is 1. The Morgan fingerprint density at radius 1 is 1.22 bits per heavy atom. The molecule has 0 saturated heterocycles. The summed E-state index contributed by atoms with van der Waals surface area (Å²) in [6, 6.07) is 11.9. The Labute approximate surface area is 114 Å². The van der Waals surface area contributed by atoms with Crippen LogP contribution in [0.1, 0.15) is 15.9 Å². The first-order valence-corrected chi connectivity index (χ1v) is 6.23. The van der Waals surface area contributed by atoms with E-state index in [1.807, 2.05) is 25.1 Å². The predicted octanol–water partition coefficient (Wildman–Crippen LogP) is 3.72. The summed E-state index contributed by atoms with van der Waals surface area (Å²) in [7, 11) is 0. The average Bonchev–Trinajstić information content (AvgIpc) is 2.35. The number of rotatable bonds is 2. The molecule has 2 N–H and O–H groups in total. The lowest BCUT2D eigenvalue weighted by Gasteiger charge is -2.09. The lowest BCUT2D eigenvalue weighted by atomic mass is 10.2. The Morgan fingerprint density at radius 2 is 1.94 bits per heavy atom. The molecule has 92 valence electrons. The quantitative estimate of drug-likeness (QED) is 0.888. The molecule has 0 saturated carbocycles. The molecule has 3 nitrogen and oxygen atoms in total. The SMILES string of the molecule is Cc1cccc(NC(=O)c2cccc(O)c2)c1Br. The zero-order valence-electron chi connectivity index (χ0n) is 9.77. The first kappa shape index (κ1) is 12.6. The number of phenols is 1. The second-order valence-corrected chi connectivity index (χ2v) is 4.73. The number of carbonyl (C=O) groups is 1. The van der Waals surface area contributed by atoms with Crippen LogP contribution >= 0.6 is 15.9 Å². The summed E-state index contributed by atoms with van der Waals surface area (Å²) in [5, 5.41) is 12.1. The van der Waals surface area contributed by atoms with E-state index in [1.165, 1.54) is 12.1 Å². The molecule has 2 aromatic rings. The van der Waals surface area contributed by atoms with E-state index in [1.54, 1.807) is 12.1 Å². The number of phenolic OH excluding ortho intramolecular Hbond substituents is 1. The Balaban J connectivity index is 2.24. The lowest BCUT2D eigenvalue weighted by Crippen LogP contribution is -2.12. The third kappa shape index (κ3) is 2.71. The van der Waals surface area contributed by atoms with Gasteiger partial charge in [0, 0.05) is 10.0 Å². The molecule has 0 atom stereocenters. The Hall–Kier alpha value is -1.81. The maximum Gasteiger partial charge on any atom is 0.255 e. The van der Waals surface area contributed by atoms with Gasteiger partial charge in [0.05, 0.1) is 5.69 Å². The summed E-state index contributed by atoms with van der Waals surface area (Å²) in [5.74, 6) is -0.178. The second-order valence-electron chi connectivity index (χ2n) is 3.94. The molecular formula is C14H12BrNO2. The number of anilines is 1. The van der Waals surface area contributed by atoms with Crippen LogP contribution in [-0.4, -0.2) is 11.0 Å². The summed E-state index contributed by atoms with van der Waals surface area (Å²) >= 11 is 3.43. The van der Waals surface area contributed by atoms with Crippen molar-refractivity contribution in [3.63, 3.8) is 0 Å². The Kier molecular flexibility index (Phi) is 3.67. The van der Waals surface area contributed by atoms with Crippen LogP contribution in [-0.2, 0) is 0 Å². The molecule has 0 spiro atoms. The second kappa shape index (κ2) is 5.23. The van der Waals surface area contributed by atoms with Crippen LogP contribution in [0.25, 0.3) is 0 Å². The minimum Gasteiger partial charge on any atom is -0.508 e. The number of aromatic hydroxyl groups is 1. The highest BCUT2D eigenvalue weighted by Gasteiger charge is 2.09. The highest BCUT2D eigenvalue weighted by atomic mass is 79.9. The Morgan fingerprint density at radius 3 is 2.67 bits per heavy atom. The minimum atomic E-state index is -0.253. The Bertz CT molecular complexity index is 596. The van der Waals surface area contributed by atoms with Gasteiger partial charge >= 0.3 is 0 Å². The first-order chi connectivity index (χ1) is 8.58. The summed E-state index contributed by atoms with van der Waals surface area (Å²) in [6.45, 7) is 1.95. The van der Waals surface area contributed by atoms with E-state index in [9.17, 15) is 9.90 Å². The fourth-order valence-corrected chi connectivity index (χ4v) is 1.95. The van der Waals surface area contributed by atoms with Crippen molar-refractivity contribution in [2.24, 2.45) is 0 Å². The number of aryl methyl sites for hydroxylation is 1. The molecule has 0 aliphatic rings. The van der Waals surface area contributed by atoms with E-state index in [4.69, 9.17) is 0 Å².